The summed E-state index contributed by atoms with van der Waals surface area (Å²) in [6.07, 6.45) is 0. The average molecular weight is 384 g/mol. The van der Waals surface area contributed by atoms with Crippen LogP contribution in [0.15, 0.2) is 54.6 Å². The molecule has 1 unspecified atom stereocenters. The molecule has 1 fully saturated rings. The first-order valence-electron chi connectivity index (χ1n) is 9.40. The second-order valence-electron chi connectivity index (χ2n) is 6.76. The molecule has 2 amide bonds. The summed E-state index contributed by atoms with van der Waals surface area (Å²) in [5, 5.41) is 2.88. The van der Waals surface area contributed by atoms with Crippen LogP contribution in [-0.4, -0.2) is 63.2 Å². The van der Waals surface area contributed by atoms with Crippen molar-refractivity contribution in [2.24, 2.45) is 0 Å². The highest BCUT2D eigenvalue weighted by molar-refractivity contribution is 5.93. The number of quaternary nitrogens is 1. The summed E-state index contributed by atoms with van der Waals surface area (Å²) in [6, 6.07) is 16.7. The zero-order valence-electron chi connectivity index (χ0n) is 16.0. The number of benzene rings is 2. The molecule has 0 saturated carbocycles. The van der Waals surface area contributed by atoms with Gasteiger partial charge in [-0.1, -0.05) is 30.3 Å². The molecule has 0 aliphatic carbocycles. The molecule has 0 radical (unpaired) electrons. The summed E-state index contributed by atoms with van der Waals surface area (Å²) >= 11 is 0. The smallest absolute Gasteiger partial charge is 0.279 e. The zero-order valence-corrected chi connectivity index (χ0v) is 16.0. The molecule has 0 bridgehead atoms. The molecule has 2 N–H and O–H groups in total. The maximum absolute atomic E-state index is 12.5. The highest BCUT2D eigenvalue weighted by Crippen LogP contribution is 2.28. The van der Waals surface area contributed by atoms with E-state index in [0.717, 1.165) is 4.90 Å². The van der Waals surface area contributed by atoms with E-state index in [4.69, 9.17) is 9.47 Å². The van der Waals surface area contributed by atoms with Crippen molar-refractivity contribution in [2.45, 2.75) is 0 Å². The van der Waals surface area contributed by atoms with Gasteiger partial charge in [0.25, 0.3) is 11.8 Å². The lowest BCUT2D eigenvalue weighted by Gasteiger charge is -2.27. The van der Waals surface area contributed by atoms with Crippen molar-refractivity contribution in [3.8, 4) is 11.5 Å². The molecular weight excluding hydrogens is 358 g/mol. The van der Waals surface area contributed by atoms with Crippen LogP contribution in [0.1, 0.15) is 0 Å². The predicted molar refractivity (Wildman–Crippen MR) is 106 cm³/mol. The van der Waals surface area contributed by atoms with Gasteiger partial charge in [-0.3, -0.25) is 9.59 Å². The Morgan fingerprint density at radius 1 is 1.04 bits per heavy atom. The van der Waals surface area contributed by atoms with Crippen LogP contribution >= 0.6 is 0 Å². The number of nitrogens with zero attached hydrogens (tertiary/aromatic N) is 1. The number of anilines is 1. The van der Waals surface area contributed by atoms with Crippen LogP contribution in [0, 0.1) is 0 Å². The number of para-hydroxylation sites is 3. The normalized spacial score (nSPS) is 15.0. The van der Waals surface area contributed by atoms with E-state index in [1.807, 2.05) is 49.5 Å². The van der Waals surface area contributed by atoms with Crippen molar-refractivity contribution in [2.75, 3.05) is 51.8 Å². The third-order valence-corrected chi connectivity index (χ3v) is 4.41. The molecule has 1 aliphatic rings. The van der Waals surface area contributed by atoms with Gasteiger partial charge in [0.1, 0.15) is 5.75 Å². The molecule has 148 valence electrons. The Morgan fingerprint density at radius 2 is 1.71 bits per heavy atom. The minimum atomic E-state index is -0.170. The molecule has 0 spiro atoms. The lowest BCUT2D eigenvalue weighted by molar-refractivity contribution is -0.862. The maximum atomic E-state index is 12.5. The van der Waals surface area contributed by atoms with E-state index < -0.39 is 0 Å². The third kappa shape index (κ3) is 5.80. The molecule has 1 atom stereocenters. The van der Waals surface area contributed by atoms with Crippen LogP contribution in [0.3, 0.4) is 0 Å². The van der Waals surface area contributed by atoms with E-state index in [-0.39, 0.29) is 24.9 Å². The highest BCUT2D eigenvalue weighted by Gasteiger charge is 2.21. The third-order valence-electron chi connectivity index (χ3n) is 4.41. The maximum Gasteiger partial charge on any atom is 0.279 e. The molecule has 7 heteroatoms. The van der Waals surface area contributed by atoms with Crippen LogP contribution in [0.25, 0.3) is 0 Å². The van der Waals surface area contributed by atoms with Gasteiger partial charge in [0.15, 0.2) is 18.8 Å². The fraction of sp³-hybridized carbons (Fsp3) is 0.333. The molecule has 1 saturated heterocycles. The number of carbonyl (C=O) groups is 2. The van der Waals surface area contributed by atoms with Gasteiger partial charge in [-0.25, -0.2) is 0 Å². The first kappa shape index (κ1) is 19.9. The van der Waals surface area contributed by atoms with Crippen molar-refractivity contribution < 1.29 is 24.0 Å². The number of carbonyl (C=O) groups excluding carboxylic acids is 2. The average Bonchev–Trinajstić information content (AvgIpc) is 2.70. The van der Waals surface area contributed by atoms with Gasteiger partial charge < -0.3 is 24.6 Å². The number of nitrogens with one attached hydrogen (secondary N) is 2. The Bertz CT molecular complexity index is 791. The molecule has 28 heavy (non-hydrogen) atoms. The first-order chi connectivity index (χ1) is 13.6. The van der Waals surface area contributed by atoms with Crippen LogP contribution in [0.5, 0.6) is 11.5 Å². The Kier molecular flexibility index (Phi) is 7.00. The summed E-state index contributed by atoms with van der Waals surface area (Å²) in [6.45, 7) is 2.84. The number of morpholine rings is 1. The molecule has 7 nitrogen and oxygen atoms in total. The molecule has 1 heterocycles. The fourth-order valence-electron chi connectivity index (χ4n) is 2.99. The van der Waals surface area contributed by atoms with Gasteiger partial charge in [-0.05, 0) is 24.3 Å². The lowest BCUT2D eigenvalue weighted by Crippen LogP contribution is -3.11. The second-order valence-corrected chi connectivity index (χ2v) is 6.76. The van der Waals surface area contributed by atoms with Crippen molar-refractivity contribution >= 4 is 17.5 Å². The summed E-state index contributed by atoms with van der Waals surface area (Å²) in [5.41, 5.74) is 0.601. The van der Waals surface area contributed by atoms with Gasteiger partial charge >= 0.3 is 0 Å². The Morgan fingerprint density at radius 3 is 2.46 bits per heavy atom. The highest BCUT2D eigenvalue weighted by atomic mass is 16.5. The topological polar surface area (TPSA) is 72.3 Å². The SMILES string of the molecule is C[NH+](CC(=O)Nc1ccccc1Oc1ccccc1)CC(=O)N1CCOCC1. The van der Waals surface area contributed by atoms with Gasteiger partial charge in [0, 0.05) is 13.1 Å². The van der Waals surface area contributed by atoms with Crippen molar-refractivity contribution in [3.63, 3.8) is 0 Å². The van der Waals surface area contributed by atoms with E-state index in [1.54, 1.807) is 17.0 Å². The van der Waals surface area contributed by atoms with Gasteiger partial charge in [0.2, 0.25) is 0 Å². The fourth-order valence-corrected chi connectivity index (χ4v) is 2.99. The second kappa shape index (κ2) is 9.87. The van der Waals surface area contributed by atoms with E-state index in [1.165, 1.54) is 0 Å². The Balaban J connectivity index is 1.53. The van der Waals surface area contributed by atoms with Crippen molar-refractivity contribution in [1.82, 2.24) is 4.90 Å². The van der Waals surface area contributed by atoms with Gasteiger partial charge in [-0.15, -0.1) is 0 Å². The molecule has 1 aliphatic heterocycles. The number of ether oxygens (including phenoxy) is 2. The van der Waals surface area contributed by atoms with E-state index in [2.05, 4.69) is 5.32 Å². The first-order valence-corrected chi connectivity index (χ1v) is 9.40. The van der Waals surface area contributed by atoms with E-state index >= 15 is 0 Å². The Hall–Kier alpha value is -2.90. The summed E-state index contributed by atoms with van der Waals surface area (Å²) in [4.78, 5) is 27.4. The number of amides is 2. The number of likely N-dealkylation sites (N-methyl/N-ethyl adjacent to an activating group) is 1. The van der Waals surface area contributed by atoms with E-state index in [9.17, 15) is 9.59 Å². The Labute approximate surface area is 164 Å². The number of rotatable bonds is 7. The zero-order chi connectivity index (χ0) is 19.8. The van der Waals surface area contributed by atoms with Crippen molar-refractivity contribution in [1.29, 1.82) is 0 Å². The van der Waals surface area contributed by atoms with Crippen molar-refractivity contribution in [3.05, 3.63) is 54.6 Å². The summed E-state index contributed by atoms with van der Waals surface area (Å²) in [5.74, 6) is 1.14. The largest absolute Gasteiger partial charge is 0.455 e. The minimum Gasteiger partial charge on any atom is -0.455 e. The molecule has 2 aromatic rings. The summed E-state index contributed by atoms with van der Waals surface area (Å²) < 4.78 is 11.1. The monoisotopic (exact) mass is 384 g/mol. The van der Waals surface area contributed by atoms with Crippen LogP contribution in [0.4, 0.5) is 5.69 Å². The number of hydrogen-bond acceptors (Lipinski definition) is 4. The molecule has 3 rings (SSSR count). The van der Waals surface area contributed by atoms with Gasteiger partial charge in [0.05, 0.1) is 25.9 Å². The van der Waals surface area contributed by atoms with Gasteiger partial charge in [-0.2, -0.15) is 0 Å². The van der Waals surface area contributed by atoms with Crippen LogP contribution < -0.4 is 15.0 Å². The molecule has 2 aromatic carbocycles. The minimum absolute atomic E-state index is 0.0430. The lowest BCUT2D eigenvalue weighted by atomic mass is 10.2. The summed E-state index contributed by atoms with van der Waals surface area (Å²) in [7, 11) is 1.84. The predicted octanol–water partition coefficient (Wildman–Crippen LogP) is 0.791. The molecular formula is C21H26N3O4+. The van der Waals surface area contributed by atoms with Crippen LogP contribution in [-0.2, 0) is 14.3 Å². The quantitative estimate of drug-likeness (QED) is 0.741. The number of hydrogen-bond donors (Lipinski definition) is 2. The van der Waals surface area contributed by atoms with E-state index in [0.29, 0.717) is 43.5 Å². The standard InChI is InChI=1S/C21H25N3O4/c1-23(16-21(26)24-11-13-27-14-12-24)15-20(25)22-18-9-5-6-10-19(18)28-17-7-3-2-4-8-17/h2-10H,11-16H2,1H3,(H,22,25)/p+1. The van der Waals surface area contributed by atoms with Crippen LogP contribution in [0.2, 0.25) is 0 Å². The molecule has 0 aromatic heterocycles.